The van der Waals surface area contributed by atoms with Crippen molar-refractivity contribution in [3.05, 3.63) is 137 Å². The predicted octanol–water partition coefficient (Wildman–Crippen LogP) is 9.72. The fourth-order valence-corrected chi connectivity index (χ4v) is 6.31. The van der Waals surface area contributed by atoms with E-state index in [4.69, 9.17) is 0 Å². The van der Waals surface area contributed by atoms with Crippen LogP contribution in [0.2, 0.25) is 0 Å². The van der Waals surface area contributed by atoms with Gasteiger partial charge in [-0.3, -0.25) is 3.97 Å². The van der Waals surface area contributed by atoms with Crippen LogP contribution in [0.1, 0.15) is 33.5 Å². The molecule has 5 aromatic carbocycles. The van der Waals surface area contributed by atoms with Crippen LogP contribution in [-0.4, -0.2) is 15.0 Å². The molecule has 6 aromatic rings. The van der Waals surface area contributed by atoms with Gasteiger partial charge in [-0.15, -0.1) is 0 Å². The van der Waals surface area contributed by atoms with Crippen molar-refractivity contribution in [2.24, 2.45) is 0 Å². The molecule has 6 rings (SSSR count). The first-order chi connectivity index (χ1) is 21.8. The maximum absolute atomic E-state index is 14.8. The van der Waals surface area contributed by atoms with Gasteiger partial charge in [0.15, 0.2) is 0 Å². The number of halogens is 3. The van der Waals surface area contributed by atoms with Gasteiger partial charge in [0.1, 0.15) is 5.82 Å². The number of carboxylic acid groups (broad SMARTS) is 1. The summed E-state index contributed by atoms with van der Waals surface area (Å²) in [6.45, 7) is 0. The second kappa shape index (κ2) is 12.1. The maximum Gasteiger partial charge on any atom is 0.335 e. The summed E-state index contributed by atoms with van der Waals surface area (Å²) in [5.74, 6) is -1.62. The van der Waals surface area contributed by atoms with Crippen LogP contribution < -0.4 is 0 Å². The monoisotopic (exact) mass is 615 g/mol. The third-order valence-corrected chi connectivity index (χ3v) is 8.41. The van der Waals surface area contributed by atoms with Crippen molar-refractivity contribution in [1.29, 1.82) is 10.5 Å². The highest BCUT2D eigenvalue weighted by Crippen LogP contribution is 2.46. The van der Waals surface area contributed by atoms with Gasteiger partial charge in [0.05, 0.1) is 40.0 Å². The number of rotatable bonds is 7. The molecule has 1 aromatic heterocycles. The maximum atomic E-state index is 14.8. The molecule has 0 fully saturated rings. The summed E-state index contributed by atoms with van der Waals surface area (Å²) in [7, 11) is 0. The van der Waals surface area contributed by atoms with Crippen LogP contribution in [0.25, 0.3) is 44.4 Å². The zero-order chi connectivity index (χ0) is 31.7. The number of carboxylic acids is 1. The molecule has 0 amide bonds. The number of alkyl halides is 2. The first kappa shape index (κ1) is 29.3. The van der Waals surface area contributed by atoms with E-state index < -0.39 is 18.2 Å². The highest BCUT2D eigenvalue weighted by Gasteiger charge is 2.24. The Bertz CT molecular complexity index is 2200. The Balaban J connectivity index is 1.64. The number of hydrogen-bond donors (Lipinski definition) is 1. The number of fused-ring (bicyclic) bond motifs is 1. The lowest BCUT2D eigenvalue weighted by Gasteiger charge is -2.15. The molecular weight excluding hydrogens is 595 g/mol. The Labute approximate surface area is 260 Å². The molecule has 218 valence electrons. The van der Waals surface area contributed by atoms with E-state index in [0.29, 0.717) is 54.9 Å². The average molecular weight is 616 g/mol. The Kier molecular flexibility index (Phi) is 7.87. The Morgan fingerprint density at radius 3 is 2.22 bits per heavy atom. The van der Waals surface area contributed by atoms with Gasteiger partial charge in [-0.1, -0.05) is 54.6 Å². The molecule has 0 radical (unpaired) electrons. The summed E-state index contributed by atoms with van der Waals surface area (Å²) in [6, 6.07) is 33.2. The van der Waals surface area contributed by atoms with Crippen LogP contribution in [0.15, 0.2) is 114 Å². The van der Waals surface area contributed by atoms with E-state index in [-0.39, 0.29) is 16.7 Å². The average Bonchev–Trinajstić information content (AvgIpc) is 3.37. The van der Waals surface area contributed by atoms with E-state index in [1.165, 1.54) is 48.3 Å². The normalized spacial score (nSPS) is 11.0. The number of benzene rings is 5. The summed E-state index contributed by atoms with van der Waals surface area (Å²) < 4.78 is 43.3. The second-order valence-electron chi connectivity index (χ2n) is 10.1. The number of aromatic nitrogens is 1. The number of carbonyl (C=O) groups is 1. The minimum atomic E-state index is -2.62. The summed E-state index contributed by atoms with van der Waals surface area (Å²) in [5.41, 5.74) is 4.66. The van der Waals surface area contributed by atoms with Gasteiger partial charge >= 0.3 is 5.97 Å². The number of nitrogens with zero attached hydrogens (tertiary/aromatic N) is 3. The van der Waals surface area contributed by atoms with Crippen LogP contribution in [0, 0.1) is 28.5 Å². The van der Waals surface area contributed by atoms with Crippen molar-refractivity contribution in [3.63, 3.8) is 0 Å². The van der Waals surface area contributed by atoms with Crippen molar-refractivity contribution in [2.75, 3.05) is 0 Å². The molecular formula is C36H20F3N3O2S. The molecule has 0 saturated heterocycles. The molecule has 0 bridgehead atoms. The zero-order valence-corrected chi connectivity index (χ0v) is 24.0. The summed E-state index contributed by atoms with van der Waals surface area (Å²) in [5, 5.41) is 29.8. The number of aromatic carboxylic acids is 1. The fraction of sp³-hybridized carbons (Fsp3) is 0.0278. The largest absolute Gasteiger partial charge is 0.478 e. The van der Waals surface area contributed by atoms with Gasteiger partial charge < -0.3 is 5.11 Å². The van der Waals surface area contributed by atoms with E-state index >= 15 is 0 Å². The molecule has 0 aliphatic heterocycles. The smallest absolute Gasteiger partial charge is 0.335 e. The molecule has 0 spiro atoms. The minimum absolute atomic E-state index is 0.0155. The van der Waals surface area contributed by atoms with Crippen molar-refractivity contribution in [1.82, 2.24) is 3.97 Å². The van der Waals surface area contributed by atoms with Gasteiger partial charge in [0.25, 0.3) is 6.43 Å². The summed E-state index contributed by atoms with van der Waals surface area (Å²) >= 11 is 1.26. The quantitative estimate of drug-likeness (QED) is 0.193. The van der Waals surface area contributed by atoms with Gasteiger partial charge in [-0.2, -0.15) is 10.5 Å². The third-order valence-electron chi connectivity index (χ3n) is 7.37. The van der Waals surface area contributed by atoms with Crippen LogP contribution in [0.3, 0.4) is 0 Å². The highest BCUT2D eigenvalue weighted by molar-refractivity contribution is 7.98. The highest BCUT2D eigenvalue weighted by atomic mass is 32.2. The molecule has 45 heavy (non-hydrogen) atoms. The van der Waals surface area contributed by atoms with Crippen LogP contribution in [0.4, 0.5) is 13.2 Å². The topological polar surface area (TPSA) is 89.8 Å². The third kappa shape index (κ3) is 5.53. The molecule has 9 heteroatoms. The van der Waals surface area contributed by atoms with Crippen LogP contribution in [-0.2, 0) is 0 Å². The van der Waals surface area contributed by atoms with E-state index in [1.807, 2.05) is 16.1 Å². The van der Waals surface area contributed by atoms with Gasteiger partial charge in [0, 0.05) is 32.5 Å². The molecule has 0 unspecified atom stereocenters. The minimum Gasteiger partial charge on any atom is -0.478 e. The SMILES string of the molecule is N#Cc1cc(C(=O)O)ccc1-c1cccc(-c2c(-c3ccccc3C#N)c3cc(F)ccc3n2Sc2ccc(C(F)F)cc2)c1. The Morgan fingerprint density at radius 2 is 1.51 bits per heavy atom. The van der Waals surface area contributed by atoms with E-state index in [2.05, 4.69) is 12.1 Å². The number of hydrogen-bond acceptors (Lipinski definition) is 4. The molecule has 0 aliphatic carbocycles. The first-order valence-corrected chi connectivity index (χ1v) is 14.3. The first-order valence-electron chi connectivity index (χ1n) is 13.6. The second-order valence-corrected chi connectivity index (χ2v) is 11.1. The van der Waals surface area contributed by atoms with Crippen molar-refractivity contribution in [2.45, 2.75) is 11.3 Å². The van der Waals surface area contributed by atoms with Gasteiger partial charge in [-0.05, 0) is 77.7 Å². The summed E-state index contributed by atoms with van der Waals surface area (Å²) in [4.78, 5) is 12.2. The van der Waals surface area contributed by atoms with Crippen molar-refractivity contribution < 1.29 is 23.1 Å². The molecule has 0 aliphatic rings. The van der Waals surface area contributed by atoms with Crippen molar-refractivity contribution in [3.8, 4) is 45.6 Å². The molecule has 0 saturated carbocycles. The van der Waals surface area contributed by atoms with E-state index in [1.54, 1.807) is 60.7 Å². The van der Waals surface area contributed by atoms with Gasteiger partial charge in [-0.25, -0.2) is 18.0 Å². The Hall–Kier alpha value is -5.77. The number of nitriles is 2. The Morgan fingerprint density at radius 1 is 0.778 bits per heavy atom. The lowest BCUT2D eigenvalue weighted by molar-refractivity contribution is 0.0696. The molecule has 1 N–H and O–H groups in total. The van der Waals surface area contributed by atoms with Crippen LogP contribution >= 0.6 is 11.9 Å². The van der Waals surface area contributed by atoms with E-state index in [9.17, 15) is 33.6 Å². The lowest BCUT2D eigenvalue weighted by atomic mass is 9.92. The van der Waals surface area contributed by atoms with E-state index in [0.717, 1.165) is 0 Å². The lowest BCUT2D eigenvalue weighted by Crippen LogP contribution is -1.98. The summed E-state index contributed by atoms with van der Waals surface area (Å²) in [6.07, 6.45) is -2.62. The standard InChI is InChI=1S/C36H20F3N3O2S/c37-27-11-15-32-31(18-27)33(30-7-2-1-4-25(30)19-40)34(42(32)45-28-12-8-21(9-13-28)35(38)39)23-6-3-5-22(16-23)29-14-10-24(36(43)44)17-26(29)20-41/h1-18,35H,(H,43,44). The molecule has 1 heterocycles. The fourth-order valence-electron chi connectivity index (χ4n) is 5.30. The predicted molar refractivity (Wildman–Crippen MR) is 167 cm³/mol. The molecule has 5 nitrogen and oxygen atoms in total. The zero-order valence-electron chi connectivity index (χ0n) is 23.2. The van der Waals surface area contributed by atoms with Crippen LogP contribution in [0.5, 0.6) is 0 Å². The van der Waals surface area contributed by atoms with Crippen molar-refractivity contribution >= 4 is 28.8 Å². The molecule has 0 atom stereocenters. The van der Waals surface area contributed by atoms with Gasteiger partial charge in [0.2, 0.25) is 0 Å².